The third kappa shape index (κ3) is 3.45. The van der Waals surface area contributed by atoms with Crippen molar-refractivity contribution in [2.24, 2.45) is 4.99 Å². The Morgan fingerprint density at radius 3 is 2.85 bits per heavy atom. The zero-order valence-electron chi connectivity index (χ0n) is 8.72. The molecule has 0 amide bonds. The van der Waals surface area contributed by atoms with Crippen molar-refractivity contribution < 1.29 is 0 Å². The van der Waals surface area contributed by atoms with Gasteiger partial charge in [-0.3, -0.25) is 4.99 Å². The van der Waals surface area contributed by atoms with E-state index in [1.165, 1.54) is 5.57 Å². The lowest BCUT2D eigenvalue weighted by Crippen LogP contribution is -2.22. The van der Waals surface area contributed by atoms with Gasteiger partial charge in [0.05, 0.1) is 6.54 Å². The smallest absolute Gasteiger partial charge is 0.0604 e. The summed E-state index contributed by atoms with van der Waals surface area (Å²) in [6.45, 7) is 11.2. The molecule has 0 saturated carbocycles. The molecule has 0 aromatic rings. The lowest BCUT2D eigenvalue weighted by Gasteiger charge is -2.11. The number of hydrogen-bond donors (Lipinski definition) is 1. The molecule has 0 aromatic carbocycles. The standard InChI is InChI=1S/C11H18N2/c1-8(2)13-10(4)6-11-5-9(3)7-12-11/h5,8,13H,4,6-7H2,1-3H3. The maximum atomic E-state index is 4.39. The van der Waals surface area contributed by atoms with Gasteiger partial charge in [0.2, 0.25) is 0 Å². The Morgan fingerprint density at radius 2 is 2.38 bits per heavy atom. The zero-order chi connectivity index (χ0) is 9.84. The maximum Gasteiger partial charge on any atom is 0.0604 e. The molecule has 1 aliphatic heterocycles. The molecule has 1 N–H and O–H groups in total. The van der Waals surface area contributed by atoms with Crippen molar-refractivity contribution in [1.82, 2.24) is 5.32 Å². The monoisotopic (exact) mass is 178 g/mol. The van der Waals surface area contributed by atoms with Crippen molar-refractivity contribution in [3.63, 3.8) is 0 Å². The molecule has 0 aliphatic carbocycles. The van der Waals surface area contributed by atoms with Crippen molar-refractivity contribution in [2.45, 2.75) is 33.2 Å². The van der Waals surface area contributed by atoms with Crippen LogP contribution in [0.25, 0.3) is 0 Å². The van der Waals surface area contributed by atoms with E-state index in [2.05, 4.69) is 43.7 Å². The Hall–Kier alpha value is -1.05. The highest BCUT2D eigenvalue weighted by molar-refractivity contribution is 5.98. The summed E-state index contributed by atoms with van der Waals surface area (Å²) in [5.41, 5.74) is 3.54. The maximum absolute atomic E-state index is 4.39. The minimum Gasteiger partial charge on any atom is -0.386 e. The quantitative estimate of drug-likeness (QED) is 0.701. The van der Waals surface area contributed by atoms with Crippen LogP contribution in [0.3, 0.4) is 0 Å². The van der Waals surface area contributed by atoms with Gasteiger partial charge in [0, 0.05) is 23.9 Å². The Morgan fingerprint density at radius 1 is 1.69 bits per heavy atom. The SMILES string of the molecule is C=C(CC1=NCC(C)=C1)NC(C)C. The first-order chi connectivity index (χ1) is 6.08. The van der Waals surface area contributed by atoms with E-state index in [-0.39, 0.29) is 0 Å². The van der Waals surface area contributed by atoms with E-state index >= 15 is 0 Å². The van der Waals surface area contributed by atoms with Crippen molar-refractivity contribution in [1.29, 1.82) is 0 Å². The summed E-state index contributed by atoms with van der Waals surface area (Å²) in [6.07, 6.45) is 3.00. The van der Waals surface area contributed by atoms with Gasteiger partial charge in [0.1, 0.15) is 0 Å². The molecule has 2 nitrogen and oxygen atoms in total. The molecule has 0 spiro atoms. The normalized spacial score (nSPS) is 15.7. The molecule has 1 aliphatic rings. The molecule has 0 saturated heterocycles. The van der Waals surface area contributed by atoms with Crippen LogP contribution in [0.2, 0.25) is 0 Å². The summed E-state index contributed by atoms with van der Waals surface area (Å²) in [4.78, 5) is 4.39. The Bertz CT molecular complexity index is 259. The zero-order valence-corrected chi connectivity index (χ0v) is 8.72. The largest absolute Gasteiger partial charge is 0.386 e. The predicted octanol–water partition coefficient (Wildman–Crippen LogP) is 2.29. The lowest BCUT2D eigenvalue weighted by atomic mass is 10.2. The van der Waals surface area contributed by atoms with Crippen LogP contribution in [-0.2, 0) is 0 Å². The van der Waals surface area contributed by atoms with E-state index in [0.29, 0.717) is 6.04 Å². The Balaban J connectivity index is 2.37. The van der Waals surface area contributed by atoms with Gasteiger partial charge in [-0.25, -0.2) is 0 Å². The van der Waals surface area contributed by atoms with Crippen LogP contribution in [0.5, 0.6) is 0 Å². The average Bonchev–Trinajstić information content (AvgIpc) is 2.33. The molecule has 0 aromatic heterocycles. The first kappa shape index (κ1) is 10.0. The Kier molecular flexibility index (Phi) is 3.29. The van der Waals surface area contributed by atoms with Crippen molar-refractivity contribution >= 4 is 5.71 Å². The fourth-order valence-electron chi connectivity index (χ4n) is 1.39. The third-order valence-corrected chi connectivity index (χ3v) is 1.83. The van der Waals surface area contributed by atoms with Crippen LogP contribution < -0.4 is 5.32 Å². The molecule has 0 unspecified atom stereocenters. The van der Waals surface area contributed by atoms with Crippen LogP contribution in [0, 0.1) is 0 Å². The number of allylic oxidation sites excluding steroid dienone is 2. The number of hydrogen-bond acceptors (Lipinski definition) is 2. The Labute approximate surface area is 80.4 Å². The highest BCUT2D eigenvalue weighted by Crippen LogP contribution is 2.09. The van der Waals surface area contributed by atoms with E-state index in [1.54, 1.807) is 0 Å². The second kappa shape index (κ2) is 4.26. The summed E-state index contributed by atoms with van der Waals surface area (Å²) < 4.78 is 0. The number of nitrogens with one attached hydrogen (secondary N) is 1. The van der Waals surface area contributed by atoms with E-state index < -0.39 is 0 Å². The molecular weight excluding hydrogens is 160 g/mol. The average molecular weight is 178 g/mol. The first-order valence-corrected chi connectivity index (χ1v) is 4.72. The molecule has 72 valence electrons. The third-order valence-electron chi connectivity index (χ3n) is 1.83. The van der Waals surface area contributed by atoms with Crippen LogP contribution in [0.15, 0.2) is 28.9 Å². The number of nitrogens with zero attached hydrogens (tertiary/aromatic N) is 1. The molecule has 1 heterocycles. The lowest BCUT2D eigenvalue weighted by molar-refractivity contribution is 0.664. The minimum atomic E-state index is 0.458. The van der Waals surface area contributed by atoms with Crippen LogP contribution in [0.4, 0.5) is 0 Å². The predicted molar refractivity (Wildman–Crippen MR) is 58.1 cm³/mol. The molecule has 2 heteroatoms. The topological polar surface area (TPSA) is 24.4 Å². The first-order valence-electron chi connectivity index (χ1n) is 4.72. The van der Waals surface area contributed by atoms with Gasteiger partial charge >= 0.3 is 0 Å². The number of rotatable bonds is 4. The van der Waals surface area contributed by atoms with Gasteiger partial charge in [-0.1, -0.05) is 12.2 Å². The molecule has 0 bridgehead atoms. The van der Waals surface area contributed by atoms with Gasteiger partial charge in [0.25, 0.3) is 0 Å². The van der Waals surface area contributed by atoms with Gasteiger partial charge in [-0.15, -0.1) is 0 Å². The van der Waals surface area contributed by atoms with Crippen molar-refractivity contribution in [2.75, 3.05) is 6.54 Å². The van der Waals surface area contributed by atoms with Crippen LogP contribution in [-0.4, -0.2) is 18.3 Å². The van der Waals surface area contributed by atoms with E-state index in [4.69, 9.17) is 0 Å². The summed E-state index contributed by atoms with van der Waals surface area (Å²) >= 11 is 0. The number of aliphatic imine (C=N–C) groups is 1. The summed E-state index contributed by atoms with van der Waals surface area (Å²) in [5.74, 6) is 0. The summed E-state index contributed by atoms with van der Waals surface area (Å²) in [6, 6.07) is 0.458. The fourth-order valence-corrected chi connectivity index (χ4v) is 1.39. The van der Waals surface area contributed by atoms with Crippen molar-refractivity contribution in [3.05, 3.63) is 23.9 Å². The summed E-state index contributed by atoms with van der Waals surface area (Å²) in [7, 11) is 0. The second-order valence-corrected chi connectivity index (χ2v) is 3.88. The molecular formula is C11H18N2. The molecule has 1 rings (SSSR count). The second-order valence-electron chi connectivity index (χ2n) is 3.88. The van der Waals surface area contributed by atoms with E-state index in [1.807, 2.05) is 0 Å². The van der Waals surface area contributed by atoms with E-state index in [0.717, 1.165) is 24.4 Å². The van der Waals surface area contributed by atoms with Gasteiger partial charge in [-0.05, 0) is 26.8 Å². The highest BCUT2D eigenvalue weighted by Gasteiger charge is 2.06. The minimum absolute atomic E-state index is 0.458. The van der Waals surface area contributed by atoms with Crippen LogP contribution in [0.1, 0.15) is 27.2 Å². The van der Waals surface area contributed by atoms with Gasteiger partial charge in [0.15, 0.2) is 0 Å². The highest BCUT2D eigenvalue weighted by atomic mass is 14.9. The van der Waals surface area contributed by atoms with Gasteiger partial charge < -0.3 is 5.32 Å². The van der Waals surface area contributed by atoms with Crippen LogP contribution >= 0.6 is 0 Å². The molecule has 13 heavy (non-hydrogen) atoms. The molecule has 0 fully saturated rings. The summed E-state index contributed by atoms with van der Waals surface area (Å²) in [5, 5.41) is 3.28. The molecule has 0 atom stereocenters. The van der Waals surface area contributed by atoms with Crippen molar-refractivity contribution in [3.8, 4) is 0 Å². The fraction of sp³-hybridized carbons (Fsp3) is 0.545. The molecule has 0 radical (unpaired) electrons. The van der Waals surface area contributed by atoms with E-state index in [9.17, 15) is 0 Å². The van der Waals surface area contributed by atoms with Gasteiger partial charge in [-0.2, -0.15) is 0 Å².